The zero-order valence-electron chi connectivity index (χ0n) is 9.69. The number of hydrogen-bond acceptors (Lipinski definition) is 5. The Kier molecular flexibility index (Phi) is 4.71. The third-order valence-electron chi connectivity index (χ3n) is 2.61. The Labute approximate surface area is 95.3 Å². The Morgan fingerprint density at radius 1 is 1.56 bits per heavy atom. The number of hydrogen-bond donors (Lipinski definition) is 0. The molecule has 0 aromatic carbocycles. The maximum atomic E-state index is 11.7. The third-order valence-corrected chi connectivity index (χ3v) is 2.61. The van der Waals surface area contributed by atoms with Gasteiger partial charge in [-0.15, -0.1) is 0 Å². The molecule has 0 aromatic heterocycles. The van der Waals surface area contributed by atoms with E-state index >= 15 is 0 Å². The lowest BCUT2D eigenvalue weighted by Crippen LogP contribution is -2.41. The Bertz CT molecular complexity index is 278. The Hall–Kier alpha value is -1.12. The van der Waals surface area contributed by atoms with E-state index in [1.54, 1.807) is 13.8 Å². The molecule has 0 saturated carbocycles. The van der Waals surface area contributed by atoms with E-state index in [1.807, 2.05) is 6.07 Å². The van der Waals surface area contributed by atoms with Crippen molar-refractivity contribution in [3.05, 3.63) is 0 Å². The number of esters is 1. The minimum absolute atomic E-state index is 0.284. The van der Waals surface area contributed by atoms with Crippen LogP contribution in [0.4, 0.5) is 0 Å². The van der Waals surface area contributed by atoms with Gasteiger partial charge in [-0.3, -0.25) is 4.79 Å². The van der Waals surface area contributed by atoms with Crippen molar-refractivity contribution in [1.82, 2.24) is 0 Å². The summed E-state index contributed by atoms with van der Waals surface area (Å²) in [6.45, 7) is 4.73. The van der Waals surface area contributed by atoms with Gasteiger partial charge >= 0.3 is 5.97 Å². The molecule has 16 heavy (non-hydrogen) atoms. The van der Waals surface area contributed by atoms with Crippen LogP contribution in [-0.2, 0) is 19.0 Å². The van der Waals surface area contributed by atoms with Gasteiger partial charge in [-0.2, -0.15) is 5.26 Å². The van der Waals surface area contributed by atoms with Gasteiger partial charge in [-0.1, -0.05) is 0 Å². The molecule has 1 unspecified atom stereocenters. The molecule has 0 bridgehead atoms. The molecule has 0 radical (unpaired) electrons. The first-order chi connectivity index (χ1) is 7.64. The van der Waals surface area contributed by atoms with Crippen LogP contribution in [0.3, 0.4) is 0 Å². The van der Waals surface area contributed by atoms with Gasteiger partial charge in [-0.05, 0) is 20.3 Å². The lowest BCUT2D eigenvalue weighted by molar-refractivity contribution is -0.201. The van der Waals surface area contributed by atoms with Gasteiger partial charge in [-0.25, -0.2) is 0 Å². The second-order valence-electron chi connectivity index (χ2n) is 3.71. The average Bonchev–Trinajstić information content (AvgIpc) is 2.67. The van der Waals surface area contributed by atoms with Crippen LogP contribution in [-0.4, -0.2) is 31.6 Å². The smallest absolute Gasteiger partial charge is 0.314 e. The van der Waals surface area contributed by atoms with Crippen molar-refractivity contribution < 1.29 is 19.0 Å². The van der Waals surface area contributed by atoms with E-state index in [1.165, 1.54) is 0 Å². The minimum atomic E-state index is -0.941. The van der Waals surface area contributed by atoms with E-state index in [4.69, 9.17) is 19.5 Å². The number of rotatable bonds is 5. The molecule has 1 aliphatic heterocycles. The summed E-state index contributed by atoms with van der Waals surface area (Å²) in [7, 11) is 0. The quantitative estimate of drug-likeness (QED) is 0.661. The van der Waals surface area contributed by atoms with Crippen molar-refractivity contribution in [3.63, 3.8) is 0 Å². The highest BCUT2D eigenvalue weighted by atomic mass is 16.7. The number of carbonyl (C=O) groups excluding carboxylic acids is 1. The van der Waals surface area contributed by atoms with Crippen LogP contribution in [0.2, 0.25) is 0 Å². The molecule has 1 rings (SSSR count). The molecule has 0 amide bonds. The molecule has 1 atom stereocenters. The standard InChI is InChI=1S/C11H17NO4/c1-3-14-10(13)9(5-4-6-12)11(2)15-7-8-16-11/h9H,3-5,7-8H2,1-2H3. The summed E-state index contributed by atoms with van der Waals surface area (Å²) in [4.78, 5) is 11.7. The first kappa shape index (κ1) is 12.9. The van der Waals surface area contributed by atoms with Crippen LogP contribution in [0.15, 0.2) is 0 Å². The van der Waals surface area contributed by atoms with E-state index in [2.05, 4.69) is 0 Å². The zero-order valence-corrected chi connectivity index (χ0v) is 9.69. The summed E-state index contributed by atoms with van der Waals surface area (Å²) in [6.07, 6.45) is 0.678. The fraction of sp³-hybridized carbons (Fsp3) is 0.818. The van der Waals surface area contributed by atoms with Gasteiger partial charge < -0.3 is 14.2 Å². The SMILES string of the molecule is CCOC(=O)C(CCC#N)C1(C)OCCO1. The molecule has 1 fully saturated rings. The Morgan fingerprint density at radius 3 is 2.69 bits per heavy atom. The van der Waals surface area contributed by atoms with Crippen molar-refractivity contribution in [1.29, 1.82) is 5.26 Å². The first-order valence-electron chi connectivity index (χ1n) is 5.45. The molecule has 0 N–H and O–H groups in total. The number of nitrogens with zero attached hydrogens (tertiary/aromatic N) is 1. The van der Waals surface area contributed by atoms with Crippen LogP contribution in [0, 0.1) is 17.2 Å². The zero-order chi connectivity index (χ0) is 12.0. The van der Waals surface area contributed by atoms with E-state index in [-0.39, 0.29) is 12.4 Å². The van der Waals surface area contributed by atoms with Gasteiger partial charge in [0.25, 0.3) is 0 Å². The topological polar surface area (TPSA) is 68.6 Å². The monoisotopic (exact) mass is 227 g/mol. The highest BCUT2D eigenvalue weighted by Gasteiger charge is 2.44. The van der Waals surface area contributed by atoms with Gasteiger partial charge in [0, 0.05) is 6.42 Å². The van der Waals surface area contributed by atoms with Crippen LogP contribution in [0.1, 0.15) is 26.7 Å². The number of ether oxygens (including phenoxy) is 3. The summed E-state index contributed by atoms with van der Waals surface area (Å²) in [5.74, 6) is -1.83. The molecule has 5 nitrogen and oxygen atoms in total. The van der Waals surface area contributed by atoms with Crippen LogP contribution < -0.4 is 0 Å². The summed E-state index contributed by atoms with van der Waals surface area (Å²) >= 11 is 0. The van der Waals surface area contributed by atoms with E-state index < -0.39 is 11.7 Å². The summed E-state index contributed by atoms with van der Waals surface area (Å²) < 4.78 is 15.8. The van der Waals surface area contributed by atoms with Crippen molar-refractivity contribution in [3.8, 4) is 6.07 Å². The van der Waals surface area contributed by atoms with Crippen LogP contribution >= 0.6 is 0 Å². The highest BCUT2D eigenvalue weighted by molar-refractivity contribution is 5.73. The Morgan fingerprint density at radius 2 is 2.19 bits per heavy atom. The van der Waals surface area contributed by atoms with Gasteiger partial charge in [0.05, 0.1) is 25.9 Å². The second kappa shape index (κ2) is 5.83. The summed E-state index contributed by atoms with van der Waals surface area (Å²) in [5, 5.41) is 8.57. The fourth-order valence-electron chi connectivity index (χ4n) is 1.78. The van der Waals surface area contributed by atoms with Gasteiger partial charge in [0.15, 0.2) is 5.79 Å². The van der Waals surface area contributed by atoms with Crippen molar-refractivity contribution in [2.45, 2.75) is 32.5 Å². The molecule has 1 saturated heterocycles. The van der Waals surface area contributed by atoms with E-state index in [0.29, 0.717) is 26.2 Å². The summed E-state index contributed by atoms with van der Waals surface area (Å²) in [6, 6.07) is 2.02. The lowest BCUT2D eigenvalue weighted by atomic mass is 9.95. The lowest BCUT2D eigenvalue weighted by Gasteiger charge is -2.29. The van der Waals surface area contributed by atoms with Gasteiger partial charge in [0.1, 0.15) is 5.92 Å². The highest BCUT2D eigenvalue weighted by Crippen LogP contribution is 2.31. The minimum Gasteiger partial charge on any atom is -0.466 e. The molecule has 0 aromatic rings. The first-order valence-corrected chi connectivity index (χ1v) is 5.45. The molecule has 5 heteroatoms. The second-order valence-corrected chi connectivity index (χ2v) is 3.71. The Balaban J connectivity index is 2.69. The average molecular weight is 227 g/mol. The largest absolute Gasteiger partial charge is 0.466 e. The molecule has 1 aliphatic rings. The molecule has 0 spiro atoms. The van der Waals surface area contributed by atoms with E-state index in [0.717, 1.165) is 0 Å². The fourth-order valence-corrected chi connectivity index (χ4v) is 1.78. The maximum Gasteiger partial charge on any atom is 0.314 e. The predicted molar refractivity (Wildman–Crippen MR) is 55.3 cm³/mol. The molecule has 0 aliphatic carbocycles. The molecular formula is C11H17NO4. The van der Waals surface area contributed by atoms with Crippen molar-refractivity contribution in [2.75, 3.05) is 19.8 Å². The van der Waals surface area contributed by atoms with Crippen LogP contribution in [0.25, 0.3) is 0 Å². The van der Waals surface area contributed by atoms with Crippen molar-refractivity contribution >= 4 is 5.97 Å². The third kappa shape index (κ3) is 2.94. The normalized spacial score (nSPS) is 20.1. The molecule has 1 heterocycles. The van der Waals surface area contributed by atoms with Crippen LogP contribution in [0.5, 0.6) is 0 Å². The maximum absolute atomic E-state index is 11.7. The predicted octanol–water partition coefficient (Wildman–Crippen LogP) is 1.23. The number of nitriles is 1. The number of carbonyl (C=O) groups is 1. The van der Waals surface area contributed by atoms with Gasteiger partial charge in [0.2, 0.25) is 0 Å². The van der Waals surface area contributed by atoms with Crippen molar-refractivity contribution in [2.24, 2.45) is 5.92 Å². The van der Waals surface area contributed by atoms with E-state index in [9.17, 15) is 4.79 Å². The molecule has 90 valence electrons. The molecular weight excluding hydrogens is 210 g/mol. The summed E-state index contributed by atoms with van der Waals surface area (Å²) in [5.41, 5.74) is 0.